The smallest absolute Gasteiger partial charge is 0.276 e. The van der Waals surface area contributed by atoms with E-state index in [9.17, 15) is 9.18 Å². The van der Waals surface area contributed by atoms with E-state index in [1.54, 1.807) is 31.2 Å². The first-order valence-electron chi connectivity index (χ1n) is 8.81. The van der Waals surface area contributed by atoms with Gasteiger partial charge in [0, 0.05) is 12.2 Å². The Kier molecular flexibility index (Phi) is 4.72. The number of aryl methyl sites for hydroxylation is 1. The van der Waals surface area contributed by atoms with Crippen molar-refractivity contribution in [3.63, 3.8) is 0 Å². The summed E-state index contributed by atoms with van der Waals surface area (Å²) >= 11 is 0. The highest BCUT2D eigenvalue weighted by molar-refractivity contribution is 6.04. The number of carbonyl (C=O) groups excluding carboxylic acids is 1. The first-order valence-corrected chi connectivity index (χ1v) is 8.81. The Bertz CT molecular complexity index is 1120. The molecular formula is C21H18FN5O. The van der Waals surface area contributed by atoms with Gasteiger partial charge in [0.2, 0.25) is 0 Å². The molecule has 4 rings (SSSR count). The molecule has 140 valence electrons. The molecule has 2 aromatic heterocycles. The van der Waals surface area contributed by atoms with Crippen LogP contribution in [0.2, 0.25) is 0 Å². The van der Waals surface area contributed by atoms with Crippen LogP contribution in [0.3, 0.4) is 0 Å². The van der Waals surface area contributed by atoms with Gasteiger partial charge >= 0.3 is 0 Å². The maximum absolute atomic E-state index is 13.0. The monoisotopic (exact) mass is 375 g/mol. The van der Waals surface area contributed by atoms with Crippen LogP contribution in [0.4, 0.5) is 15.9 Å². The van der Waals surface area contributed by atoms with E-state index >= 15 is 0 Å². The molecule has 0 aliphatic heterocycles. The van der Waals surface area contributed by atoms with E-state index in [1.807, 2.05) is 30.3 Å². The number of nitrogens with zero attached hydrogens (tertiary/aromatic N) is 3. The molecule has 2 heterocycles. The number of benzene rings is 2. The first-order chi connectivity index (χ1) is 13.6. The molecule has 0 saturated heterocycles. The number of aromatic nitrogens is 3. The minimum atomic E-state index is -0.278. The van der Waals surface area contributed by atoms with Crippen molar-refractivity contribution in [2.45, 2.75) is 13.5 Å². The predicted octanol–water partition coefficient (Wildman–Crippen LogP) is 4.04. The molecule has 0 radical (unpaired) electrons. The number of rotatable bonds is 5. The van der Waals surface area contributed by atoms with Crippen molar-refractivity contribution in [3.8, 4) is 0 Å². The Morgan fingerprint density at radius 1 is 1.04 bits per heavy atom. The standard InChI is InChI=1S/C21H18FN5O/c1-14-20(21(28)25-17-5-3-2-4-6-17)27-19(24-14)12-11-18(26-27)23-13-15-7-9-16(22)10-8-15/h2-12H,13H2,1H3,(H,23,26)(H,25,28). The lowest BCUT2D eigenvalue weighted by atomic mass is 10.2. The topological polar surface area (TPSA) is 71.3 Å². The molecule has 0 spiro atoms. The van der Waals surface area contributed by atoms with E-state index in [4.69, 9.17) is 0 Å². The van der Waals surface area contributed by atoms with E-state index < -0.39 is 0 Å². The Balaban J connectivity index is 1.58. The lowest BCUT2D eigenvalue weighted by molar-refractivity contribution is 0.102. The molecule has 2 N–H and O–H groups in total. The van der Waals surface area contributed by atoms with Gasteiger partial charge in [-0.1, -0.05) is 30.3 Å². The molecule has 0 unspecified atom stereocenters. The SMILES string of the molecule is Cc1nc2ccc(NCc3ccc(F)cc3)nn2c1C(=O)Nc1ccccc1. The van der Waals surface area contributed by atoms with Crippen molar-refractivity contribution in [1.29, 1.82) is 0 Å². The minimum Gasteiger partial charge on any atom is -0.365 e. The molecule has 28 heavy (non-hydrogen) atoms. The Hall–Kier alpha value is -3.74. The largest absolute Gasteiger partial charge is 0.365 e. The van der Waals surface area contributed by atoms with E-state index in [1.165, 1.54) is 16.6 Å². The highest BCUT2D eigenvalue weighted by Gasteiger charge is 2.18. The summed E-state index contributed by atoms with van der Waals surface area (Å²) in [6.45, 7) is 2.26. The fourth-order valence-electron chi connectivity index (χ4n) is 2.91. The van der Waals surface area contributed by atoms with Crippen molar-refractivity contribution in [3.05, 3.63) is 89.5 Å². The zero-order valence-corrected chi connectivity index (χ0v) is 15.2. The molecule has 0 atom stereocenters. The van der Waals surface area contributed by atoms with Crippen LogP contribution in [0.5, 0.6) is 0 Å². The molecule has 0 bridgehead atoms. The van der Waals surface area contributed by atoms with Crippen molar-refractivity contribution in [1.82, 2.24) is 14.6 Å². The van der Waals surface area contributed by atoms with Crippen molar-refractivity contribution >= 4 is 23.1 Å². The number of hydrogen-bond donors (Lipinski definition) is 2. The predicted molar refractivity (Wildman–Crippen MR) is 106 cm³/mol. The molecule has 0 saturated carbocycles. The van der Waals surface area contributed by atoms with Crippen LogP contribution in [0.1, 0.15) is 21.7 Å². The van der Waals surface area contributed by atoms with Crippen LogP contribution in [-0.2, 0) is 6.54 Å². The number of amides is 1. The van der Waals surface area contributed by atoms with Gasteiger partial charge in [0.25, 0.3) is 5.91 Å². The Morgan fingerprint density at radius 3 is 2.54 bits per heavy atom. The van der Waals surface area contributed by atoms with Gasteiger partial charge in [-0.3, -0.25) is 4.79 Å². The molecule has 7 heteroatoms. The van der Waals surface area contributed by atoms with Gasteiger partial charge in [0.15, 0.2) is 11.3 Å². The quantitative estimate of drug-likeness (QED) is 0.552. The zero-order chi connectivity index (χ0) is 19.5. The number of para-hydroxylation sites is 1. The summed E-state index contributed by atoms with van der Waals surface area (Å²) in [5.74, 6) is 0.0358. The molecule has 0 aliphatic rings. The van der Waals surface area contributed by atoms with Crippen molar-refractivity contribution in [2.24, 2.45) is 0 Å². The average Bonchev–Trinajstić information content (AvgIpc) is 3.03. The number of carbonyl (C=O) groups is 1. The van der Waals surface area contributed by atoms with Crippen molar-refractivity contribution in [2.75, 3.05) is 10.6 Å². The van der Waals surface area contributed by atoms with Gasteiger partial charge in [-0.2, -0.15) is 0 Å². The summed E-state index contributed by atoms with van der Waals surface area (Å²) in [5.41, 5.74) is 3.18. The van der Waals surface area contributed by atoms with Crippen LogP contribution in [0, 0.1) is 12.7 Å². The van der Waals surface area contributed by atoms with Crippen LogP contribution < -0.4 is 10.6 Å². The summed E-state index contributed by atoms with van der Waals surface area (Å²) in [6, 6.07) is 19.1. The summed E-state index contributed by atoms with van der Waals surface area (Å²) in [5, 5.41) is 10.5. The van der Waals surface area contributed by atoms with E-state index in [2.05, 4.69) is 20.7 Å². The molecule has 4 aromatic rings. The second-order valence-corrected chi connectivity index (χ2v) is 6.33. The second kappa shape index (κ2) is 7.48. The van der Waals surface area contributed by atoms with Crippen LogP contribution in [0.25, 0.3) is 5.65 Å². The third kappa shape index (κ3) is 3.68. The number of hydrogen-bond acceptors (Lipinski definition) is 4. The van der Waals surface area contributed by atoms with Gasteiger partial charge in [-0.25, -0.2) is 13.9 Å². The molecule has 0 fully saturated rings. The fraction of sp³-hybridized carbons (Fsp3) is 0.0952. The first kappa shape index (κ1) is 17.7. The summed E-state index contributed by atoms with van der Waals surface area (Å²) < 4.78 is 14.6. The minimum absolute atomic E-state index is 0.272. The third-order valence-electron chi connectivity index (χ3n) is 4.29. The lowest BCUT2D eigenvalue weighted by Gasteiger charge is -2.08. The number of imidazole rings is 1. The van der Waals surface area contributed by atoms with Crippen LogP contribution in [0.15, 0.2) is 66.7 Å². The molecular weight excluding hydrogens is 357 g/mol. The van der Waals surface area contributed by atoms with Crippen molar-refractivity contribution < 1.29 is 9.18 Å². The molecule has 6 nitrogen and oxygen atoms in total. The highest BCUT2D eigenvalue weighted by Crippen LogP contribution is 2.16. The summed E-state index contributed by atoms with van der Waals surface area (Å²) in [6.07, 6.45) is 0. The molecule has 1 amide bonds. The summed E-state index contributed by atoms with van der Waals surface area (Å²) in [4.78, 5) is 17.2. The number of fused-ring (bicyclic) bond motifs is 1. The number of anilines is 2. The van der Waals surface area contributed by atoms with Gasteiger partial charge in [0.05, 0.1) is 5.69 Å². The maximum Gasteiger partial charge on any atom is 0.276 e. The van der Waals surface area contributed by atoms with E-state index in [0.29, 0.717) is 35.1 Å². The number of nitrogens with one attached hydrogen (secondary N) is 2. The Morgan fingerprint density at radius 2 is 1.79 bits per heavy atom. The van der Waals surface area contributed by atoms with Crippen LogP contribution in [-0.4, -0.2) is 20.5 Å². The van der Waals surface area contributed by atoms with Crippen LogP contribution >= 0.6 is 0 Å². The number of halogens is 1. The summed E-state index contributed by atoms with van der Waals surface area (Å²) in [7, 11) is 0. The third-order valence-corrected chi connectivity index (χ3v) is 4.29. The second-order valence-electron chi connectivity index (χ2n) is 6.33. The maximum atomic E-state index is 13.0. The lowest BCUT2D eigenvalue weighted by Crippen LogP contribution is -2.17. The van der Waals surface area contributed by atoms with E-state index in [-0.39, 0.29) is 11.7 Å². The van der Waals surface area contributed by atoms with Gasteiger partial charge in [-0.15, -0.1) is 5.10 Å². The zero-order valence-electron chi connectivity index (χ0n) is 15.2. The van der Waals surface area contributed by atoms with E-state index in [0.717, 1.165) is 5.56 Å². The van der Waals surface area contributed by atoms with Gasteiger partial charge in [-0.05, 0) is 48.9 Å². The normalized spacial score (nSPS) is 10.8. The van der Waals surface area contributed by atoms with Gasteiger partial charge in [0.1, 0.15) is 11.6 Å². The Labute approximate surface area is 161 Å². The molecule has 2 aromatic carbocycles. The average molecular weight is 375 g/mol. The highest BCUT2D eigenvalue weighted by atomic mass is 19.1. The van der Waals surface area contributed by atoms with Gasteiger partial charge < -0.3 is 10.6 Å². The molecule has 0 aliphatic carbocycles. The fourth-order valence-corrected chi connectivity index (χ4v) is 2.91.